The number of nitrogens with zero attached hydrogens (tertiary/aromatic N) is 2. The predicted octanol–water partition coefficient (Wildman–Crippen LogP) is 2.64. The zero-order valence-corrected chi connectivity index (χ0v) is 14.1. The molecule has 2 atom stereocenters. The molecule has 0 aliphatic carbocycles. The average molecular weight is 323 g/mol. The Labute approximate surface area is 137 Å². The van der Waals surface area contributed by atoms with E-state index < -0.39 is 11.6 Å². The molecule has 0 radical (unpaired) electrons. The number of piperazine rings is 1. The summed E-state index contributed by atoms with van der Waals surface area (Å²) in [6, 6.07) is 3.89. The van der Waals surface area contributed by atoms with Crippen LogP contribution in [-0.4, -0.2) is 55.6 Å². The summed E-state index contributed by atoms with van der Waals surface area (Å²) in [6.07, 6.45) is 1.24. The fourth-order valence-electron chi connectivity index (χ4n) is 3.89. The zero-order valence-electron chi connectivity index (χ0n) is 14.1. The van der Waals surface area contributed by atoms with Gasteiger partial charge in [0.25, 0.3) is 0 Å². The van der Waals surface area contributed by atoms with Gasteiger partial charge in [0.05, 0.1) is 0 Å². The van der Waals surface area contributed by atoms with Crippen molar-refractivity contribution in [2.24, 2.45) is 5.41 Å². The van der Waals surface area contributed by atoms with Crippen LogP contribution in [0.15, 0.2) is 18.2 Å². The second-order valence-electron chi connectivity index (χ2n) is 7.39. The lowest BCUT2D eigenvalue weighted by Crippen LogP contribution is -2.50. The van der Waals surface area contributed by atoms with Crippen LogP contribution in [0.25, 0.3) is 0 Å². The molecular weight excluding hydrogens is 296 g/mol. The normalized spacial score (nSPS) is 28.2. The summed E-state index contributed by atoms with van der Waals surface area (Å²) in [5.74, 6) is -0.953. The molecule has 0 bridgehead atoms. The number of halogens is 2. The third-order valence-electron chi connectivity index (χ3n) is 5.43. The smallest absolute Gasteiger partial charge is 0.130 e. The van der Waals surface area contributed by atoms with E-state index in [0.717, 1.165) is 51.9 Å². The summed E-state index contributed by atoms with van der Waals surface area (Å²) in [4.78, 5) is 4.82. The van der Waals surface area contributed by atoms with Gasteiger partial charge in [-0.25, -0.2) is 8.78 Å². The Kier molecular flexibility index (Phi) is 4.99. The summed E-state index contributed by atoms with van der Waals surface area (Å²) in [5.41, 5.74) is 0.975. The Bertz CT molecular complexity index is 535. The maximum Gasteiger partial charge on any atom is 0.130 e. The van der Waals surface area contributed by atoms with E-state index in [2.05, 4.69) is 22.0 Å². The Balaban J connectivity index is 1.56. The topological polar surface area (TPSA) is 18.5 Å². The van der Waals surface area contributed by atoms with Gasteiger partial charge in [-0.3, -0.25) is 4.90 Å². The Morgan fingerprint density at radius 3 is 2.57 bits per heavy atom. The van der Waals surface area contributed by atoms with Gasteiger partial charge in [0.1, 0.15) is 11.6 Å². The number of nitrogens with one attached hydrogen (secondary N) is 1. The second-order valence-corrected chi connectivity index (χ2v) is 7.39. The third-order valence-corrected chi connectivity index (χ3v) is 5.43. The molecule has 2 aliphatic heterocycles. The molecule has 23 heavy (non-hydrogen) atoms. The van der Waals surface area contributed by atoms with Crippen LogP contribution in [0.2, 0.25) is 0 Å². The van der Waals surface area contributed by atoms with Crippen LogP contribution >= 0.6 is 0 Å². The molecule has 3 nitrogen and oxygen atoms in total. The van der Waals surface area contributed by atoms with Gasteiger partial charge in [-0.15, -0.1) is 0 Å². The van der Waals surface area contributed by atoms with Crippen LogP contribution in [0, 0.1) is 17.0 Å². The highest BCUT2D eigenvalue weighted by Gasteiger charge is 2.32. The number of hydrogen-bond donors (Lipinski definition) is 1. The Morgan fingerprint density at radius 2 is 1.96 bits per heavy atom. The monoisotopic (exact) mass is 323 g/mol. The van der Waals surface area contributed by atoms with Gasteiger partial charge in [-0.05, 0) is 31.4 Å². The van der Waals surface area contributed by atoms with Gasteiger partial charge in [-0.2, -0.15) is 0 Å². The average Bonchev–Trinajstić information content (AvgIpc) is 2.94. The molecule has 0 aromatic heterocycles. The summed E-state index contributed by atoms with van der Waals surface area (Å²) >= 11 is 0. The van der Waals surface area contributed by atoms with E-state index in [4.69, 9.17) is 0 Å². The lowest BCUT2D eigenvalue weighted by molar-refractivity contribution is 0.0751. The summed E-state index contributed by atoms with van der Waals surface area (Å²) in [6.45, 7) is 11.6. The van der Waals surface area contributed by atoms with E-state index in [1.807, 2.05) is 6.92 Å². The van der Waals surface area contributed by atoms with Crippen LogP contribution in [0.4, 0.5) is 8.78 Å². The van der Waals surface area contributed by atoms with Crippen molar-refractivity contribution < 1.29 is 8.78 Å². The molecule has 0 saturated carbocycles. The molecule has 2 unspecified atom stereocenters. The zero-order chi connectivity index (χ0) is 16.4. The first-order chi connectivity index (χ1) is 11.0. The van der Waals surface area contributed by atoms with Crippen LogP contribution in [-0.2, 0) is 0 Å². The molecule has 1 N–H and O–H groups in total. The molecule has 1 aromatic rings. The van der Waals surface area contributed by atoms with Crippen molar-refractivity contribution >= 4 is 0 Å². The fraction of sp³-hybridized carbons (Fsp3) is 0.667. The van der Waals surface area contributed by atoms with Gasteiger partial charge in [-0.1, -0.05) is 13.0 Å². The summed E-state index contributed by atoms with van der Waals surface area (Å²) < 4.78 is 27.0. The quantitative estimate of drug-likeness (QED) is 0.919. The fourth-order valence-corrected chi connectivity index (χ4v) is 3.89. The van der Waals surface area contributed by atoms with E-state index in [1.165, 1.54) is 12.5 Å². The highest BCUT2D eigenvalue weighted by molar-refractivity contribution is 5.22. The highest BCUT2D eigenvalue weighted by Crippen LogP contribution is 2.28. The predicted molar refractivity (Wildman–Crippen MR) is 88.4 cm³/mol. The number of hydrogen-bond acceptors (Lipinski definition) is 3. The lowest BCUT2D eigenvalue weighted by atomic mass is 9.89. The third kappa shape index (κ3) is 3.90. The van der Waals surface area contributed by atoms with Crippen LogP contribution < -0.4 is 5.32 Å². The minimum absolute atomic E-state index is 0.0125. The molecule has 1 aromatic carbocycles. The van der Waals surface area contributed by atoms with Crippen molar-refractivity contribution in [2.45, 2.75) is 26.3 Å². The number of rotatable bonds is 4. The lowest BCUT2D eigenvalue weighted by Gasteiger charge is -2.41. The van der Waals surface area contributed by atoms with Gasteiger partial charge in [0.15, 0.2) is 0 Å². The number of benzene rings is 1. The van der Waals surface area contributed by atoms with Gasteiger partial charge < -0.3 is 10.2 Å². The van der Waals surface area contributed by atoms with Crippen LogP contribution in [0.3, 0.4) is 0 Å². The molecule has 0 amide bonds. The van der Waals surface area contributed by atoms with E-state index in [0.29, 0.717) is 11.0 Å². The van der Waals surface area contributed by atoms with Crippen LogP contribution in [0.5, 0.6) is 0 Å². The van der Waals surface area contributed by atoms with E-state index >= 15 is 0 Å². The van der Waals surface area contributed by atoms with Crippen LogP contribution in [0.1, 0.15) is 31.9 Å². The molecular formula is C18H27F2N3. The minimum atomic E-state index is -0.512. The van der Waals surface area contributed by atoms with Crippen molar-refractivity contribution in [3.63, 3.8) is 0 Å². The Morgan fingerprint density at radius 1 is 1.22 bits per heavy atom. The minimum Gasteiger partial charge on any atom is -0.316 e. The first kappa shape index (κ1) is 16.8. The molecule has 2 aliphatic rings. The standard InChI is InChI=1S/C18H27F2N3/c1-14(16-4-3-15(19)11-17(16)20)23-9-7-22(8-10-23)13-18(2)5-6-21-12-18/h3-4,11,14,21H,5-10,12-13H2,1-2H3. The molecule has 128 valence electrons. The molecule has 2 fully saturated rings. The molecule has 2 heterocycles. The SMILES string of the molecule is CC(c1ccc(F)cc1F)N1CCN(CC2(C)CCNC2)CC1. The maximum atomic E-state index is 14.0. The Hall–Kier alpha value is -1.04. The molecule has 3 rings (SSSR count). The van der Waals surface area contributed by atoms with Crippen molar-refractivity contribution in [3.8, 4) is 0 Å². The highest BCUT2D eigenvalue weighted by atomic mass is 19.1. The summed E-state index contributed by atoms with van der Waals surface area (Å²) in [7, 11) is 0. The van der Waals surface area contributed by atoms with E-state index in [9.17, 15) is 8.78 Å². The van der Waals surface area contributed by atoms with Gasteiger partial charge in [0.2, 0.25) is 0 Å². The first-order valence-electron chi connectivity index (χ1n) is 8.59. The van der Waals surface area contributed by atoms with Crippen molar-refractivity contribution in [1.82, 2.24) is 15.1 Å². The van der Waals surface area contributed by atoms with Gasteiger partial charge in [0, 0.05) is 56.9 Å². The van der Waals surface area contributed by atoms with Crippen molar-refractivity contribution in [3.05, 3.63) is 35.4 Å². The first-order valence-corrected chi connectivity index (χ1v) is 8.59. The van der Waals surface area contributed by atoms with Crippen molar-refractivity contribution in [2.75, 3.05) is 45.8 Å². The van der Waals surface area contributed by atoms with Gasteiger partial charge >= 0.3 is 0 Å². The molecule has 5 heteroatoms. The summed E-state index contributed by atoms with van der Waals surface area (Å²) in [5, 5.41) is 3.45. The second kappa shape index (κ2) is 6.83. The largest absolute Gasteiger partial charge is 0.316 e. The van der Waals surface area contributed by atoms with Crippen molar-refractivity contribution in [1.29, 1.82) is 0 Å². The van der Waals surface area contributed by atoms with E-state index in [-0.39, 0.29) is 6.04 Å². The molecule has 0 spiro atoms. The maximum absolute atomic E-state index is 14.0. The molecule has 2 saturated heterocycles. The van der Waals surface area contributed by atoms with E-state index in [1.54, 1.807) is 6.07 Å².